The van der Waals surface area contributed by atoms with E-state index in [0.717, 1.165) is 5.56 Å². The van der Waals surface area contributed by atoms with Gasteiger partial charge in [0.15, 0.2) is 0 Å². The van der Waals surface area contributed by atoms with Crippen molar-refractivity contribution in [2.75, 3.05) is 0 Å². The lowest BCUT2D eigenvalue weighted by Gasteiger charge is -1.90. The van der Waals surface area contributed by atoms with Crippen LogP contribution in [0.4, 0.5) is 4.39 Å². The van der Waals surface area contributed by atoms with E-state index < -0.39 is 0 Å². The minimum absolute atomic E-state index is 0. The Morgan fingerprint density at radius 2 is 0.613 bits per heavy atom. The van der Waals surface area contributed by atoms with E-state index in [9.17, 15) is 4.39 Å². The van der Waals surface area contributed by atoms with E-state index in [2.05, 4.69) is 57.2 Å². The van der Waals surface area contributed by atoms with Gasteiger partial charge >= 0.3 is 0 Å². The molecule has 3 aromatic carbocycles. The zero-order valence-electron chi connectivity index (χ0n) is 20.4. The molecule has 0 saturated carbocycles. The van der Waals surface area contributed by atoms with Crippen molar-refractivity contribution >= 4 is 0 Å². The average Bonchev–Trinajstić information content (AvgIpc) is 2.78. The standard InChI is InChI=1S/C8H10.C7H7F.C7H8.3C2H6.2CH4/c1-7-3-5-8(2)6-4-7;1-6-2-4-7(8)5-3-6;1-7-5-3-2-4-6-7;3*1-2;;/h3-6H,1-2H3;2-5H,1H3;2-6H,1H3;3*1-2H3;2*1H4. The molecule has 1 heteroatoms. The first kappa shape index (κ1) is 39.1. The van der Waals surface area contributed by atoms with E-state index in [4.69, 9.17) is 0 Å². The molecule has 3 rings (SSSR count). The zero-order valence-corrected chi connectivity index (χ0v) is 20.4. The number of hydrogen-bond donors (Lipinski definition) is 0. The summed E-state index contributed by atoms with van der Waals surface area (Å²) in [7, 11) is 0. The summed E-state index contributed by atoms with van der Waals surface area (Å²) in [6.07, 6.45) is 0. The molecule has 0 aliphatic carbocycles. The van der Waals surface area contributed by atoms with Crippen LogP contribution in [0, 0.1) is 33.5 Å². The first-order chi connectivity index (χ1) is 14.0. The Balaban J connectivity index is -0.0000000945. The van der Waals surface area contributed by atoms with Gasteiger partial charge < -0.3 is 0 Å². The lowest BCUT2D eigenvalue weighted by molar-refractivity contribution is 0.627. The summed E-state index contributed by atoms with van der Waals surface area (Å²) in [5, 5.41) is 0. The Morgan fingerprint density at radius 1 is 0.387 bits per heavy atom. The highest BCUT2D eigenvalue weighted by Crippen LogP contribution is 2.00. The van der Waals surface area contributed by atoms with Gasteiger partial charge in [0.25, 0.3) is 0 Å². The van der Waals surface area contributed by atoms with Gasteiger partial charge in [-0.3, -0.25) is 0 Å². The molecule has 31 heavy (non-hydrogen) atoms. The van der Waals surface area contributed by atoms with E-state index in [1.165, 1.54) is 28.8 Å². The number of rotatable bonds is 0. The molecule has 0 aliphatic rings. The Kier molecular flexibility index (Phi) is 37.6. The van der Waals surface area contributed by atoms with Gasteiger partial charge in [-0.25, -0.2) is 4.39 Å². The lowest BCUT2D eigenvalue weighted by atomic mass is 10.2. The fourth-order valence-electron chi connectivity index (χ4n) is 1.70. The Morgan fingerprint density at radius 3 is 0.806 bits per heavy atom. The summed E-state index contributed by atoms with van der Waals surface area (Å²) in [5.41, 5.74) is 5.07. The van der Waals surface area contributed by atoms with Gasteiger partial charge in [0.2, 0.25) is 0 Å². The van der Waals surface area contributed by atoms with Crippen LogP contribution in [0.25, 0.3) is 0 Å². The molecule has 0 aliphatic heterocycles. The molecule has 0 bridgehead atoms. The van der Waals surface area contributed by atoms with Gasteiger partial charge in [-0.1, -0.05) is 145 Å². The molecule has 0 atom stereocenters. The van der Waals surface area contributed by atoms with Crippen LogP contribution in [0.1, 0.15) is 78.6 Å². The largest absolute Gasteiger partial charge is 0.207 e. The summed E-state index contributed by atoms with van der Waals surface area (Å²) >= 11 is 0. The van der Waals surface area contributed by atoms with Crippen molar-refractivity contribution in [1.82, 2.24) is 0 Å². The molecule has 0 unspecified atom stereocenters. The third-order valence-corrected chi connectivity index (χ3v) is 3.17. The predicted octanol–water partition coefficient (Wildman–Crippen LogP) is 10.8. The van der Waals surface area contributed by atoms with Gasteiger partial charge in [-0.15, -0.1) is 0 Å². The van der Waals surface area contributed by atoms with Crippen LogP contribution in [0.2, 0.25) is 0 Å². The van der Waals surface area contributed by atoms with E-state index in [1.54, 1.807) is 12.1 Å². The molecule has 0 nitrogen and oxygen atoms in total. The van der Waals surface area contributed by atoms with Crippen molar-refractivity contribution in [3.8, 4) is 0 Å². The van der Waals surface area contributed by atoms with Gasteiger partial charge in [-0.2, -0.15) is 0 Å². The molecule has 0 fully saturated rings. The quantitative estimate of drug-likeness (QED) is 0.332. The van der Waals surface area contributed by atoms with Crippen molar-refractivity contribution in [3.63, 3.8) is 0 Å². The van der Waals surface area contributed by atoms with Crippen molar-refractivity contribution in [2.45, 2.75) is 84.1 Å². The van der Waals surface area contributed by atoms with Gasteiger partial charge in [0.1, 0.15) is 5.82 Å². The molecule has 0 saturated heterocycles. The van der Waals surface area contributed by atoms with Crippen molar-refractivity contribution < 1.29 is 4.39 Å². The molecule has 178 valence electrons. The summed E-state index contributed by atoms with van der Waals surface area (Å²) in [6.45, 7) is 20.2. The predicted molar refractivity (Wildman–Crippen MR) is 146 cm³/mol. The number of aryl methyl sites for hydroxylation is 4. The molecule has 0 N–H and O–H groups in total. The maximum absolute atomic E-state index is 12.1. The van der Waals surface area contributed by atoms with Crippen molar-refractivity contribution in [3.05, 3.63) is 107 Å². The maximum atomic E-state index is 12.1. The summed E-state index contributed by atoms with van der Waals surface area (Å²) in [5.74, 6) is -0.171. The van der Waals surface area contributed by atoms with Crippen LogP contribution in [0.15, 0.2) is 78.9 Å². The first-order valence-electron chi connectivity index (χ1n) is 10.7. The molecule has 0 spiro atoms. The first-order valence-corrected chi connectivity index (χ1v) is 10.7. The van der Waals surface area contributed by atoms with Gasteiger partial charge in [0, 0.05) is 0 Å². The fraction of sp³-hybridized carbons (Fsp3) is 0.400. The van der Waals surface area contributed by atoms with Crippen LogP contribution < -0.4 is 0 Å². The fourth-order valence-corrected chi connectivity index (χ4v) is 1.70. The molecule has 0 amide bonds. The smallest absolute Gasteiger partial charge is 0.123 e. The second-order valence-electron chi connectivity index (χ2n) is 5.60. The second-order valence-corrected chi connectivity index (χ2v) is 5.60. The number of benzene rings is 3. The Hall–Kier alpha value is -2.41. The molecule has 0 aromatic heterocycles. The third-order valence-electron chi connectivity index (χ3n) is 3.17. The maximum Gasteiger partial charge on any atom is 0.123 e. The molecular formula is C30H51F. The number of hydrogen-bond acceptors (Lipinski definition) is 0. The lowest BCUT2D eigenvalue weighted by Crippen LogP contribution is -1.71. The van der Waals surface area contributed by atoms with Crippen LogP contribution in [-0.4, -0.2) is 0 Å². The highest BCUT2D eigenvalue weighted by molar-refractivity contribution is 5.19. The molecule has 3 aromatic rings. The van der Waals surface area contributed by atoms with Gasteiger partial charge in [-0.05, 0) is 39.8 Å². The van der Waals surface area contributed by atoms with Crippen molar-refractivity contribution in [2.24, 2.45) is 0 Å². The van der Waals surface area contributed by atoms with Crippen LogP contribution in [0.3, 0.4) is 0 Å². The minimum Gasteiger partial charge on any atom is -0.207 e. The minimum atomic E-state index is -0.171. The van der Waals surface area contributed by atoms with E-state index in [-0.39, 0.29) is 20.7 Å². The second kappa shape index (κ2) is 29.8. The zero-order chi connectivity index (χ0) is 23.1. The van der Waals surface area contributed by atoms with E-state index >= 15 is 0 Å². The van der Waals surface area contributed by atoms with E-state index in [0.29, 0.717) is 0 Å². The normalized spacial score (nSPS) is 7.32. The van der Waals surface area contributed by atoms with Crippen LogP contribution in [-0.2, 0) is 0 Å². The molecule has 0 radical (unpaired) electrons. The van der Waals surface area contributed by atoms with E-state index in [1.807, 2.05) is 66.7 Å². The third kappa shape index (κ3) is 27.6. The SMILES string of the molecule is C.C.CC.CC.CC.Cc1ccc(C)cc1.Cc1ccc(F)cc1.Cc1ccccc1. The Bertz CT molecular complexity index is 568. The highest BCUT2D eigenvalue weighted by atomic mass is 19.1. The summed E-state index contributed by atoms with van der Waals surface area (Å²) in [6, 6.07) is 25.1. The molecular weight excluding hydrogens is 379 g/mol. The van der Waals surface area contributed by atoms with Crippen LogP contribution in [0.5, 0.6) is 0 Å². The highest BCUT2D eigenvalue weighted by Gasteiger charge is 1.83. The van der Waals surface area contributed by atoms with Gasteiger partial charge in [0.05, 0.1) is 0 Å². The Labute approximate surface area is 195 Å². The summed E-state index contributed by atoms with van der Waals surface area (Å²) in [4.78, 5) is 0. The average molecular weight is 431 g/mol. The summed E-state index contributed by atoms with van der Waals surface area (Å²) < 4.78 is 12.1. The van der Waals surface area contributed by atoms with Crippen LogP contribution >= 0.6 is 0 Å². The molecule has 0 heterocycles. The number of halogens is 1. The monoisotopic (exact) mass is 430 g/mol. The van der Waals surface area contributed by atoms with Crippen molar-refractivity contribution in [1.29, 1.82) is 0 Å². The topological polar surface area (TPSA) is 0 Å².